The summed E-state index contributed by atoms with van der Waals surface area (Å²) in [4.78, 5) is 39.9. The molecule has 0 bridgehead atoms. The van der Waals surface area contributed by atoms with Gasteiger partial charge in [0.2, 0.25) is 5.91 Å². The molecule has 0 spiro atoms. The van der Waals surface area contributed by atoms with Crippen molar-refractivity contribution in [2.45, 2.75) is 39.2 Å². The van der Waals surface area contributed by atoms with Gasteiger partial charge in [0.15, 0.2) is 0 Å². The fourth-order valence-electron chi connectivity index (χ4n) is 4.95. The number of amides is 2. The topological polar surface area (TPSA) is 95.9 Å². The van der Waals surface area contributed by atoms with Crippen LogP contribution < -0.4 is 15.0 Å². The predicted molar refractivity (Wildman–Crippen MR) is 142 cm³/mol. The molecule has 1 saturated heterocycles. The molecule has 0 aliphatic carbocycles. The highest BCUT2D eigenvalue weighted by Gasteiger charge is 2.47. The number of anilines is 2. The minimum Gasteiger partial charge on any atom is -0.507 e. The number of nitrogens with one attached hydrogen (secondary N) is 1. The Balaban J connectivity index is 1.67. The fourth-order valence-corrected chi connectivity index (χ4v) is 4.95. The number of aliphatic hydroxyl groups is 1. The lowest BCUT2D eigenvalue weighted by molar-refractivity contribution is -0.132. The molecule has 2 aliphatic heterocycles. The van der Waals surface area contributed by atoms with E-state index < -0.39 is 17.7 Å². The maximum Gasteiger partial charge on any atom is 0.300 e. The third-order valence-corrected chi connectivity index (χ3v) is 6.77. The Labute approximate surface area is 215 Å². The van der Waals surface area contributed by atoms with Crippen LogP contribution in [0.1, 0.15) is 48.6 Å². The maximum absolute atomic E-state index is 13.5. The summed E-state index contributed by atoms with van der Waals surface area (Å²) in [5.74, 6) is -1.21. The van der Waals surface area contributed by atoms with Crippen LogP contribution in [-0.2, 0) is 27.2 Å². The second-order valence-electron chi connectivity index (χ2n) is 9.27. The number of aryl methyl sites for hydroxylation is 2. The van der Waals surface area contributed by atoms with Crippen LogP contribution in [0, 0.1) is 0 Å². The van der Waals surface area contributed by atoms with Crippen LogP contribution in [0.15, 0.2) is 72.3 Å². The van der Waals surface area contributed by atoms with E-state index in [0.717, 1.165) is 36.1 Å². The zero-order valence-electron chi connectivity index (χ0n) is 20.8. The summed E-state index contributed by atoms with van der Waals surface area (Å²) in [6.45, 7) is 4.10. The van der Waals surface area contributed by atoms with Crippen LogP contribution in [0.3, 0.4) is 0 Å². The predicted octanol–water partition coefficient (Wildman–Crippen LogP) is 5.16. The van der Waals surface area contributed by atoms with Gasteiger partial charge in [-0.2, -0.15) is 0 Å². The van der Waals surface area contributed by atoms with Gasteiger partial charge in [-0.3, -0.25) is 19.3 Å². The molecule has 0 aromatic heterocycles. The van der Waals surface area contributed by atoms with E-state index >= 15 is 0 Å². The maximum atomic E-state index is 13.5. The lowest BCUT2D eigenvalue weighted by Gasteiger charge is -2.26. The average Bonchev–Trinajstić information content (AvgIpc) is 3.18. The number of carbonyl (C=O) groups excluding carboxylic acids is 3. The molecule has 2 heterocycles. The Bertz CT molecular complexity index is 1420. The van der Waals surface area contributed by atoms with Crippen LogP contribution in [0.4, 0.5) is 11.4 Å². The molecule has 0 saturated carbocycles. The Morgan fingerprint density at radius 2 is 1.86 bits per heavy atom. The van der Waals surface area contributed by atoms with Gasteiger partial charge in [-0.1, -0.05) is 37.3 Å². The zero-order valence-corrected chi connectivity index (χ0v) is 20.8. The molecule has 1 unspecified atom stereocenters. The number of fused-ring (bicyclic) bond motifs is 1. The van der Waals surface area contributed by atoms with Gasteiger partial charge < -0.3 is 15.2 Å². The summed E-state index contributed by atoms with van der Waals surface area (Å²) in [6, 6.07) is 18.9. The SMILES string of the molecule is CCc1ccc(C2/C(=C(/O)c3ccc4c(c3)CCCO4)C(=O)C(=O)N2c2cccc(NC(C)=O)c2)cc1. The van der Waals surface area contributed by atoms with Gasteiger partial charge in [-0.15, -0.1) is 0 Å². The first-order valence-corrected chi connectivity index (χ1v) is 12.4. The summed E-state index contributed by atoms with van der Waals surface area (Å²) < 4.78 is 5.69. The van der Waals surface area contributed by atoms with Gasteiger partial charge >= 0.3 is 0 Å². The lowest BCUT2D eigenvalue weighted by atomic mass is 9.93. The number of hydrogen-bond acceptors (Lipinski definition) is 5. The number of hydrogen-bond donors (Lipinski definition) is 2. The standard InChI is InChI=1S/C30H28N2O5/c1-3-19-9-11-20(12-10-19)27-26(28(34)22-13-14-25-21(16-22)6-5-15-37-25)29(35)30(36)32(27)24-8-4-7-23(17-24)31-18(2)33/h4,7-14,16-17,27,34H,3,5-6,15H2,1-2H3,(H,31,33)/b28-26-. The van der Waals surface area contributed by atoms with Crippen molar-refractivity contribution in [3.05, 3.63) is 94.6 Å². The molecule has 1 fully saturated rings. The van der Waals surface area contributed by atoms with Crippen molar-refractivity contribution in [3.8, 4) is 5.75 Å². The number of ketones is 1. The number of Topliss-reactive ketones (excluding diaryl/α,β-unsaturated/α-hetero) is 1. The largest absolute Gasteiger partial charge is 0.507 e. The smallest absolute Gasteiger partial charge is 0.300 e. The molecule has 7 heteroatoms. The number of rotatable bonds is 5. The van der Waals surface area contributed by atoms with Crippen molar-refractivity contribution >= 4 is 34.7 Å². The summed E-state index contributed by atoms with van der Waals surface area (Å²) in [6.07, 6.45) is 2.52. The number of aliphatic hydroxyl groups excluding tert-OH is 1. The van der Waals surface area contributed by atoms with Crippen molar-refractivity contribution < 1.29 is 24.2 Å². The Morgan fingerprint density at radius 1 is 1.08 bits per heavy atom. The second-order valence-corrected chi connectivity index (χ2v) is 9.27. The molecule has 5 rings (SSSR count). The summed E-state index contributed by atoms with van der Waals surface area (Å²) >= 11 is 0. The Hall–Kier alpha value is -4.39. The molecule has 37 heavy (non-hydrogen) atoms. The highest BCUT2D eigenvalue weighted by Crippen LogP contribution is 2.43. The van der Waals surface area contributed by atoms with Gasteiger partial charge in [0, 0.05) is 23.9 Å². The minimum atomic E-state index is -0.842. The molecule has 2 amide bonds. The molecular weight excluding hydrogens is 468 g/mol. The third-order valence-electron chi connectivity index (χ3n) is 6.77. The van der Waals surface area contributed by atoms with Crippen molar-refractivity contribution in [2.75, 3.05) is 16.8 Å². The zero-order chi connectivity index (χ0) is 26.1. The minimum absolute atomic E-state index is 0.0239. The first kappa shape index (κ1) is 24.3. The molecule has 1 atom stereocenters. The van der Waals surface area contributed by atoms with Crippen LogP contribution in [0.2, 0.25) is 0 Å². The van der Waals surface area contributed by atoms with Crippen LogP contribution in [-0.4, -0.2) is 29.3 Å². The van der Waals surface area contributed by atoms with Gasteiger partial charge in [0.05, 0.1) is 18.2 Å². The van der Waals surface area contributed by atoms with E-state index in [2.05, 4.69) is 12.2 Å². The van der Waals surface area contributed by atoms with E-state index in [-0.39, 0.29) is 17.2 Å². The average molecular weight is 497 g/mol. The number of ether oxygens (including phenoxy) is 1. The lowest BCUT2D eigenvalue weighted by Crippen LogP contribution is -2.29. The summed E-state index contributed by atoms with van der Waals surface area (Å²) in [5, 5.41) is 14.2. The van der Waals surface area contributed by atoms with E-state index in [0.29, 0.717) is 29.1 Å². The molecule has 3 aromatic rings. The van der Waals surface area contributed by atoms with Gasteiger partial charge in [0.1, 0.15) is 11.5 Å². The van der Waals surface area contributed by atoms with Gasteiger partial charge in [-0.25, -0.2) is 0 Å². The van der Waals surface area contributed by atoms with Crippen LogP contribution in [0.5, 0.6) is 5.75 Å². The fraction of sp³-hybridized carbons (Fsp3) is 0.233. The molecule has 188 valence electrons. The monoisotopic (exact) mass is 496 g/mol. The molecule has 0 radical (unpaired) electrons. The Morgan fingerprint density at radius 3 is 2.59 bits per heavy atom. The summed E-state index contributed by atoms with van der Waals surface area (Å²) in [7, 11) is 0. The first-order valence-electron chi connectivity index (χ1n) is 12.4. The van der Waals surface area contributed by atoms with Crippen LogP contribution >= 0.6 is 0 Å². The van der Waals surface area contributed by atoms with Crippen molar-refractivity contribution in [1.82, 2.24) is 0 Å². The van der Waals surface area contributed by atoms with E-state index in [4.69, 9.17) is 4.74 Å². The van der Waals surface area contributed by atoms with Crippen molar-refractivity contribution in [1.29, 1.82) is 0 Å². The number of nitrogens with zero attached hydrogens (tertiary/aromatic N) is 1. The quantitative estimate of drug-likeness (QED) is 0.289. The van der Waals surface area contributed by atoms with Gasteiger partial charge in [-0.05, 0) is 72.4 Å². The van der Waals surface area contributed by atoms with E-state index in [1.54, 1.807) is 36.4 Å². The normalized spacial score (nSPS) is 18.3. The molecular formula is C30H28N2O5. The molecule has 7 nitrogen and oxygen atoms in total. The van der Waals surface area contributed by atoms with Crippen molar-refractivity contribution in [3.63, 3.8) is 0 Å². The van der Waals surface area contributed by atoms with E-state index in [9.17, 15) is 19.5 Å². The van der Waals surface area contributed by atoms with Gasteiger partial charge in [0.25, 0.3) is 11.7 Å². The molecule has 3 aromatic carbocycles. The Kier molecular flexibility index (Phi) is 6.53. The third kappa shape index (κ3) is 4.60. The summed E-state index contributed by atoms with van der Waals surface area (Å²) in [5.41, 5.74) is 4.20. The highest BCUT2D eigenvalue weighted by molar-refractivity contribution is 6.51. The highest BCUT2D eigenvalue weighted by atomic mass is 16.5. The number of carbonyl (C=O) groups is 3. The molecule has 2 N–H and O–H groups in total. The van der Waals surface area contributed by atoms with Crippen LogP contribution in [0.25, 0.3) is 5.76 Å². The number of benzene rings is 3. The van der Waals surface area contributed by atoms with E-state index in [1.165, 1.54) is 11.8 Å². The molecule has 2 aliphatic rings. The van der Waals surface area contributed by atoms with E-state index in [1.807, 2.05) is 30.3 Å². The first-order chi connectivity index (χ1) is 17.9. The van der Waals surface area contributed by atoms with Crippen molar-refractivity contribution in [2.24, 2.45) is 0 Å². The second kappa shape index (κ2) is 9.93.